The quantitative estimate of drug-likeness (QED) is 0.161. The zero-order chi connectivity index (χ0) is 25.8. The molecule has 2 aromatic carbocycles. The third-order valence-electron chi connectivity index (χ3n) is 6.64. The lowest BCUT2D eigenvalue weighted by Crippen LogP contribution is -2.31. The second-order valence-electron chi connectivity index (χ2n) is 9.60. The van der Waals surface area contributed by atoms with E-state index < -0.39 is 0 Å². The van der Waals surface area contributed by atoms with E-state index in [2.05, 4.69) is 78.9 Å². The number of ether oxygens (including phenoxy) is 1. The molecule has 36 heavy (non-hydrogen) atoms. The molecule has 0 saturated heterocycles. The molecule has 0 aliphatic heterocycles. The highest BCUT2D eigenvalue weighted by molar-refractivity contribution is 5.69. The third kappa shape index (κ3) is 7.79. The van der Waals surface area contributed by atoms with Crippen molar-refractivity contribution in [3.05, 3.63) is 72.1 Å². The summed E-state index contributed by atoms with van der Waals surface area (Å²) in [6.45, 7) is 11.1. The largest absolute Gasteiger partial charge is 0.427 e. The van der Waals surface area contributed by atoms with Gasteiger partial charge in [-0.15, -0.1) is 0 Å². The molecule has 3 rings (SSSR count). The van der Waals surface area contributed by atoms with Crippen LogP contribution >= 0.6 is 0 Å². The molecular weight excluding hydrogens is 446 g/mol. The van der Waals surface area contributed by atoms with Crippen LogP contribution in [0.2, 0.25) is 0 Å². The Kier molecular flexibility index (Phi) is 11.2. The molecular formula is C31H43N3O2. The molecule has 0 N–H and O–H groups in total. The maximum absolute atomic E-state index is 11.3. The molecule has 0 aliphatic rings. The van der Waals surface area contributed by atoms with Crippen LogP contribution < -0.4 is 4.74 Å². The average Bonchev–Trinajstić information content (AvgIpc) is 3.30. The monoisotopic (exact) mass is 489 g/mol. The van der Waals surface area contributed by atoms with Crippen LogP contribution in [-0.4, -0.2) is 27.0 Å². The van der Waals surface area contributed by atoms with Gasteiger partial charge >= 0.3 is 5.97 Å². The van der Waals surface area contributed by atoms with Crippen molar-refractivity contribution in [1.29, 1.82) is 0 Å². The zero-order valence-electron chi connectivity index (χ0n) is 22.6. The molecule has 0 spiro atoms. The molecule has 0 saturated carbocycles. The molecule has 194 valence electrons. The summed E-state index contributed by atoms with van der Waals surface area (Å²) in [6.07, 6.45) is 10.2. The van der Waals surface area contributed by atoms with Crippen molar-refractivity contribution in [2.75, 3.05) is 6.54 Å². The SMILES string of the molecule is CCCCC(c1cnc(-c2ccccc2)n1CCCC)N(CCCC)Cc1ccc(OC(C)=O)cc1. The van der Waals surface area contributed by atoms with E-state index in [1.165, 1.54) is 36.6 Å². The fraction of sp³-hybridized carbons (Fsp3) is 0.484. The van der Waals surface area contributed by atoms with Crippen LogP contribution in [-0.2, 0) is 17.9 Å². The minimum Gasteiger partial charge on any atom is -0.427 e. The van der Waals surface area contributed by atoms with Crippen LogP contribution in [0.4, 0.5) is 0 Å². The van der Waals surface area contributed by atoms with Crippen LogP contribution in [0.3, 0.4) is 0 Å². The van der Waals surface area contributed by atoms with Crippen molar-refractivity contribution in [1.82, 2.24) is 14.5 Å². The Labute approximate surface area is 217 Å². The van der Waals surface area contributed by atoms with E-state index in [0.717, 1.165) is 57.6 Å². The van der Waals surface area contributed by atoms with E-state index in [4.69, 9.17) is 9.72 Å². The number of benzene rings is 2. The Morgan fingerprint density at radius 1 is 0.944 bits per heavy atom. The Morgan fingerprint density at radius 2 is 1.64 bits per heavy atom. The summed E-state index contributed by atoms with van der Waals surface area (Å²) < 4.78 is 7.72. The number of esters is 1. The number of rotatable bonds is 15. The minimum atomic E-state index is -0.290. The molecule has 0 amide bonds. The summed E-state index contributed by atoms with van der Waals surface area (Å²) in [6, 6.07) is 18.8. The number of aromatic nitrogens is 2. The van der Waals surface area contributed by atoms with Crippen LogP contribution in [0.5, 0.6) is 5.75 Å². The van der Waals surface area contributed by atoms with E-state index in [0.29, 0.717) is 11.8 Å². The van der Waals surface area contributed by atoms with Gasteiger partial charge in [-0.05, 0) is 43.5 Å². The Morgan fingerprint density at radius 3 is 2.28 bits per heavy atom. The highest BCUT2D eigenvalue weighted by Gasteiger charge is 2.25. The van der Waals surface area contributed by atoms with Crippen molar-refractivity contribution in [3.8, 4) is 17.1 Å². The number of hydrogen-bond donors (Lipinski definition) is 0. The summed E-state index contributed by atoms with van der Waals surface area (Å²) in [5.41, 5.74) is 3.73. The van der Waals surface area contributed by atoms with Crippen molar-refractivity contribution < 1.29 is 9.53 Å². The Balaban J connectivity index is 1.97. The molecule has 0 bridgehead atoms. The zero-order valence-corrected chi connectivity index (χ0v) is 22.6. The van der Waals surface area contributed by atoms with Gasteiger partial charge in [-0.1, -0.05) is 88.9 Å². The number of carbonyl (C=O) groups is 1. The van der Waals surface area contributed by atoms with Crippen LogP contribution in [0.1, 0.15) is 89.9 Å². The molecule has 1 aromatic heterocycles. The summed E-state index contributed by atoms with van der Waals surface area (Å²) in [5.74, 6) is 1.38. The second kappa shape index (κ2) is 14.6. The van der Waals surface area contributed by atoms with E-state index in [1.54, 1.807) is 0 Å². The lowest BCUT2D eigenvalue weighted by atomic mass is 10.0. The van der Waals surface area contributed by atoms with Gasteiger partial charge in [0.05, 0.1) is 17.9 Å². The smallest absolute Gasteiger partial charge is 0.308 e. The molecule has 1 unspecified atom stereocenters. The van der Waals surface area contributed by atoms with Crippen LogP contribution in [0.15, 0.2) is 60.8 Å². The molecule has 5 heteroatoms. The van der Waals surface area contributed by atoms with Crippen LogP contribution in [0, 0.1) is 0 Å². The van der Waals surface area contributed by atoms with Crippen molar-refractivity contribution in [2.24, 2.45) is 0 Å². The van der Waals surface area contributed by atoms with Crippen molar-refractivity contribution in [2.45, 2.75) is 91.8 Å². The van der Waals surface area contributed by atoms with Crippen molar-refractivity contribution in [3.63, 3.8) is 0 Å². The number of imidazole rings is 1. The second-order valence-corrected chi connectivity index (χ2v) is 9.60. The Bertz CT molecular complexity index is 1040. The molecule has 0 fully saturated rings. The van der Waals surface area contributed by atoms with Gasteiger partial charge in [0.15, 0.2) is 0 Å². The van der Waals surface area contributed by atoms with Gasteiger partial charge < -0.3 is 9.30 Å². The van der Waals surface area contributed by atoms with E-state index in [9.17, 15) is 4.79 Å². The number of unbranched alkanes of at least 4 members (excludes halogenated alkanes) is 3. The fourth-order valence-electron chi connectivity index (χ4n) is 4.71. The van der Waals surface area contributed by atoms with Gasteiger partial charge in [0.1, 0.15) is 11.6 Å². The number of nitrogens with zero attached hydrogens (tertiary/aromatic N) is 3. The average molecular weight is 490 g/mol. The van der Waals surface area contributed by atoms with Gasteiger partial charge in [-0.3, -0.25) is 9.69 Å². The molecule has 1 atom stereocenters. The van der Waals surface area contributed by atoms with E-state index >= 15 is 0 Å². The summed E-state index contributed by atoms with van der Waals surface area (Å²) in [4.78, 5) is 18.9. The number of hydrogen-bond acceptors (Lipinski definition) is 4. The Hall–Kier alpha value is -2.92. The van der Waals surface area contributed by atoms with Crippen LogP contribution in [0.25, 0.3) is 11.4 Å². The number of carbonyl (C=O) groups excluding carboxylic acids is 1. The molecule has 1 heterocycles. The normalized spacial score (nSPS) is 12.1. The third-order valence-corrected chi connectivity index (χ3v) is 6.64. The molecule has 5 nitrogen and oxygen atoms in total. The summed E-state index contributed by atoms with van der Waals surface area (Å²) in [5, 5.41) is 0. The first-order chi connectivity index (χ1) is 17.6. The van der Waals surface area contributed by atoms with Gasteiger partial charge in [-0.2, -0.15) is 0 Å². The topological polar surface area (TPSA) is 47.4 Å². The highest BCUT2D eigenvalue weighted by Crippen LogP contribution is 2.32. The summed E-state index contributed by atoms with van der Waals surface area (Å²) in [7, 11) is 0. The first-order valence-corrected chi connectivity index (χ1v) is 13.7. The minimum absolute atomic E-state index is 0.290. The van der Waals surface area contributed by atoms with E-state index in [-0.39, 0.29) is 5.97 Å². The maximum Gasteiger partial charge on any atom is 0.308 e. The molecule has 0 radical (unpaired) electrons. The van der Waals surface area contributed by atoms with Gasteiger partial charge in [0.25, 0.3) is 0 Å². The predicted molar refractivity (Wildman–Crippen MR) is 148 cm³/mol. The molecule has 0 aliphatic carbocycles. The van der Waals surface area contributed by atoms with Gasteiger partial charge in [0, 0.05) is 25.6 Å². The first kappa shape index (κ1) is 27.7. The van der Waals surface area contributed by atoms with E-state index in [1.807, 2.05) is 12.1 Å². The summed E-state index contributed by atoms with van der Waals surface area (Å²) >= 11 is 0. The lowest BCUT2D eigenvalue weighted by Gasteiger charge is -2.33. The lowest BCUT2D eigenvalue weighted by molar-refractivity contribution is -0.131. The van der Waals surface area contributed by atoms with Gasteiger partial charge in [-0.25, -0.2) is 4.98 Å². The highest BCUT2D eigenvalue weighted by atomic mass is 16.5. The van der Waals surface area contributed by atoms with Crippen molar-refractivity contribution >= 4 is 5.97 Å². The first-order valence-electron chi connectivity index (χ1n) is 13.7. The fourth-order valence-corrected chi connectivity index (χ4v) is 4.71. The standard InChI is InChI=1S/C31H43N3O2/c1-5-8-16-29(30-23-32-31(34(30)22-10-7-3)27-14-12-11-13-15-27)33(21-9-6-2)24-26-17-19-28(20-18-26)36-25(4)35/h11-15,17-20,23,29H,5-10,16,21-22,24H2,1-4H3. The maximum atomic E-state index is 11.3. The van der Waals surface area contributed by atoms with Gasteiger partial charge in [0.2, 0.25) is 0 Å². The predicted octanol–water partition coefficient (Wildman–Crippen LogP) is 7.81. The molecule has 3 aromatic rings.